The minimum atomic E-state index is -0.298. The van der Waals surface area contributed by atoms with Crippen LogP contribution < -0.4 is 9.47 Å². The maximum absolute atomic E-state index is 12.7. The standard InChI is InChI=1S/C14H13FO3/c1-17-14-8-10(2-7-13(14)16)9-18-12-5-3-11(15)4-6-12/h2-8,16H,9H2,1H3. The summed E-state index contributed by atoms with van der Waals surface area (Å²) in [5, 5.41) is 9.44. The van der Waals surface area contributed by atoms with Crippen molar-refractivity contribution in [2.45, 2.75) is 6.61 Å². The monoisotopic (exact) mass is 248 g/mol. The Morgan fingerprint density at radius 1 is 1.11 bits per heavy atom. The van der Waals surface area contributed by atoms with Crippen LogP contribution in [0.3, 0.4) is 0 Å². The van der Waals surface area contributed by atoms with Crippen LogP contribution in [0.5, 0.6) is 17.2 Å². The van der Waals surface area contributed by atoms with Gasteiger partial charge in [-0.2, -0.15) is 0 Å². The predicted octanol–water partition coefficient (Wildman–Crippen LogP) is 3.12. The molecule has 0 aliphatic rings. The number of aromatic hydroxyl groups is 1. The highest BCUT2D eigenvalue weighted by atomic mass is 19.1. The Hall–Kier alpha value is -2.23. The maximum atomic E-state index is 12.7. The second-order valence-corrected chi connectivity index (χ2v) is 3.75. The number of hydrogen-bond donors (Lipinski definition) is 1. The molecule has 18 heavy (non-hydrogen) atoms. The fourth-order valence-corrected chi connectivity index (χ4v) is 1.51. The van der Waals surface area contributed by atoms with Gasteiger partial charge in [0.25, 0.3) is 0 Å². The Morgan fingerprint density at radius 2 is 1.83 bits per heavy atom. The third-order valence-corrected chi connectivity index (χ3v) is 2.46. The number of rotatable bonds is 4. The first-order chi connectivity index (χ1) is 8.69. The van der Waals surface area contributed by atoms with E-state index in [0.717, 1.165) is 5.56 Å². The van der Waals surface area contributed by atoms with Crippen LogP contribution in [-0.4, -0.2) is 12.2 Å². The van der Waals surface area contributed by atoms with Crippen molar-refractivity contribution in [1.29, 1.82) is 0 Å². The molecule has 0 radical (unpaired) electrons. The molecule has 0 fully saturated rings. The summed E-state index contributed by atoms with van der Waals surface area (Å²) in [7, 11) is 1.49. The lowest BCUT2D eigenvalue weighted by atomic mass is 10.2. The molecule has 94 valence electrons. The molecule has 0 aliphatic carbocycles. The van der Waals surface area contributed by atoms with Crippen molar-refractivity contribution in [3.05, 3.63) is 53.8 Å². The van der Waals surface area contributed by atoms with Crippen molar-refractivity contribution >= 4 is 0 Å². The van der Waals surface area contributed by atoms with E-state index in [1.807, 2.05) is 0 Å². The molecule has 3 nitrogen and oxygen atoms in total. The summed E-state index contributed by atoms with van der Waals surface area (Å²) in [6, 6.07) is 10.8. The number of hydrogen-bond acceptors (Lipinski definition) is 3. The Labute approximate surface area is 104 Å². The molecule has 0 unspecified atom stereocenters. The van der Waals surface area contributed by atoms with Crippen LogP contribution in [0, 0.1) is 5.82 Å². The van der Waals surface area contributed by atoms with Crippen molar-refractivity contribution in [2.75, 3.05) is 7.11 Å². The first-order valence-electron chi connectivity index (χ1n) is 5.43. The summed E-state index contributed by atoms with van der Waals surface area (Å²) < 4.78 is 23.2. The number of phenolic OH excluding ortho intramolecular Hbond substituents is 1. The summed E-state index contributed by atoms with van der Waals surface area (Å²) in [6.07, 6.45) is 0. The van der Waals surface area contributed by atoms with Crippen LogP contribution >= 0.6 is 0 Å². The number of halogens is 1. The second kappa shape index (κ2) is 5.40. The van der Waals surface area contributed by atoms with Crippen LogP contribution in [0.25, 0.3) is 0 Å². The molecular formula is C14H13FO3. The molecular weight excluding hydrogens is 235 g/mol. The topological polar surface area (TPSA) is 38.7 Å². The maximum Gasteiger partial charge on any atom is 0.160 e. The summed E-state index contributed by atoms with van der Waals surface area (Å²) in [4.78, 5) is 0. The predicted molar refractivity (Wildman–Crippen MR) is 65.4 cm³/mol. The third kappa shape index (κ3) is 2.91. The summed E-state index contributed by atoms with van der Waals surface area (Å²) in [5.41, 5.74) is 0.856. The highest BCUT2D eigenvalue weighted by Crippen LogP contribution is 2.26. The molecule has 2 aromatic carbocycles. The van der Waals surface area contributed by atoms with Gasteiger partial charge < -0.3 is 14.6 Å². The van der Waals surface area contributed by atoms with Gasteiger partial charge >= 0.3 is 0 Å². The lowest BCUT2D eigenvalue weighted by Gasteiger charge is -2.08. The Balaban J connectivity index is 2.04. The second-order valence-electron chi connectivity index (χ2n) is 3.75. The van der Waals surface area contributed by atoms with Crippen LogP contribution in [0.2, 0.25) is 0 Å². The average Bonchev–Trinajstić information content (AvgIpc) is 2.39. The van der Waals surface area contributed by atoms with E-state index in [9.17, 15) is 9.50 Å². The molecule has 1 N–H and O–H groups in total. The number of methoxy groups -OCH3 is 1. The van der Waals surface area contributed by atoms with Crippen molar-refractivity contribution in [1.82, 2.24) is 0 Å². The number of ether oxygens (including phenoxy) is 2. The zero-order chi connectivity index (χ0) is 13.0. The first kappa shape index (κ1) is 12.2. The van der Waals surface area contributed by atoms with Crippen LogP contribution in [0.4, 0.5) is 4.39 Å². The van der Waals surface area contributed by atoms with E-state index in [1.54, 1.807) is 30.3 Å². The quantitative estimate of drug-likeness (QED) is 0.903. The van der Waals surface area contributed by atoms with E-state index in [0.29, 0.717) is 18.1 Å². The molecule has 4 heteroatoms. The molecule has 0 heterocycles. The SMILES string of the molecule is COc1cc(COc2ccc(F)cc2)ccc1O. The molecule has 0 aromatic heterocycles. The van der Waals surface area contributed by atoms with Gasteiger partial charge in [0.1, 0.15) is 18.2 Å². The fraction of sp³-hybridized carbons (Fsp3) is 0.143. The minimum absolute atomic E-state index is 0.0861. The summed E-state index contributed by atoms with van der Waals surface area (Å²) in [5.74, 6) is 0.773. The van der Waals surface area contributed by atoms with Crippen molar-refractivity contribution in [3.8, 4) is 17.2 Å². The molecule has 0 spiro atoms. The van der Waals surface area contributed by atoms with Crippen LogP contribution in [-0.2, 0) is 6.61 Å². The highest BCUT2D eigenvalue weighted by Gasteiger charge is 2.03. The number of benzene rings is 2. The molecule has 2 aromatic rings. The van der Waals surface area contributed by atoms with E-state index in [2.05, 4.69) is 0 Å². The lowest BCUT2D eigenvalue weighted by molar-refractivity contribution is 0.304. The van der Waals surface area contributed by atoms with E-state index >= 15 is 0 Å². The fourth-order valence-electron chi connectivity index (χ4n) is 1.51. The summed E-state index contributed by atoms with van der Waals surface area (Å²) in [6.45, 7) is 0.322. The van der Waals surface area contributed by atoms with Gasteiger partial charge in [-0.05, 0) is 42.0 Å². The molecule has 0 amide bonds. The Kier molecular flexibility index (Phi) is 3.67. The van der Waals surface area contributed by atoms with Crippen molar-refractivity contribution in [2.24, 2.45) is 0 Å². The van der Waals surface area contributed by atoms with E-state index < -0.39 is 0 Å². The molecule has 0 saturated carbocycles. The van der Waals surface area contributed by atoms with Gasteiger partial charge in [-0.15, -0.1) is 0 Å². The average molecular weight is 248 g/mol. The van der Waals surface area contributed by atoms with E-state index in [-0.39, 0.29) is 11.6 Å². The molecule has 0 atom stereocenters. The van der Waals surface area contributed by atoms with Crippen LogP contribution in [0.1, 0.15) is 5.56 Å². The molecule has 0 aliphatic heterocycles. The minimum Gasteiger partial charge on any atom is -0.504 e. The zero-order valence-electron chi connectivity index (χ0n) is 9.89. The van der Waals surface area contributed by atoms with E-state index in [4.69, 9.17) is 9.47 Å². The van der Waals surface area contributed by atoms with Crippen molar-refractivity contribution < 1.29 is 19.0 Å². The van der Waals surface area contributed by atoms with Gasteiger partial charge in [0.15, 0.2) is 11.5 Å². The third-order valence-electron chi connectivity index (χ3n) is 2.46. The van der Waals surface area contributed by atoms with Gasteiger partial charge in [-0.3, -0.25) is 0 Å². The Bertz CT molecular complexity index is 523. The van der Waals surface area contributed by atoms with Crippen molar-refractivity contribution in [3.63, 3.8) is 0 Å². The van der Waals surface area contributed by atoms with Crippen LogP contribution in [0.15, 0.2) is 42.5 Å². The molecule has 0 bridgehead atoms. The highest BCUT2D eigenvalue weighted by molar-refractivity contribution is 5.41. The van der Waals surface area contributed by atoms with Gasteiger partial charge in [-0.25, -0.2) is 4.39 Å². The molecule has 2 rings (SSSR count). The summed E-state index contributed by atoms with van der Waals surface area (Å²) >= 11 is 0. The zero-order valence-corrected chi connectivity index (χ0v) is 9.89. The van der Waals surface area contributed by atoms with Gasteiger partial charge in [0.2, 0.25) is 0 Å². The Morgan fingerprint density at radius 3 is 2.50 bits per heavy atom. The molecule has 0 saturated heterocycles. The lowest BCUT2D eigenvalue weighted by Crippen LogP contribution is -1.96. The van der Waals surface area contributed by atoms with E-state index in [1.165, 1.54) is 19.2 Å². The number of phenols is 1. The first-order valence-corrected chi connectivity index (χ1v) is 5.43. The normalized spacial score (nSPS) is 10.1. The smallest absolute Gasteiger partial charge is 0.160 e. The van der Waals surface area contributed by atoms with Gasteiger partial charge in [0, 0.05) is 0 Å². The largest absolute Gasteiger partial charge is 0.504 e. The van der Waals surface area contributed by atoms with Gasteiger partial charge in [0.05, 0.1) is 7.11 Å². The van der Waals surface area contributed by atoms with Gasteiger partial charge in [-0.1, -0.05) is 6.07 Å².